The van der Waals surface area contributed by atoms with E-state index in [1.54, 1.807) is 24.0 Å². The number of carbonyl (C=O) groups is 1. The van der Waals surface area contributed by atoms with E-state index in [4.69, 9.17) is 5.11 Å². The maximum absolute atomic E-state index is 11.0. The van der Waals surface area contributed by atoms with Crippen molar-refractivity contribution in [3.05, 3.63) is 40.2 Å². The topological polar surface area (TPSA) is 123 Å². The molecule has 98 valence electrons. The Hall–Kier alpha value is -2.97. The number of aryl methyl sites for hydroxylation is 1. The molecule has 0 fully saturated rings. The lowest BCUT2D eigenvalue weighted by atomic mass is 10.2. The van der Waals surface area contributed by atoms with Gasteiger partial charge < -0.3 is 10.4 Å². The first kappa shape index (κ1) is 12.5. The highest BCUT2D eigenvalue weighted by atomic mass is 16.6. The van der Waals surface area contributed by atoms with Gasteiger partial charge in [0.2, 0.25) is 0 Å². The number of aromatic carboxylic acids is 1. The van der Waals surface area contributed by atoms with Crippen LogP contribution in [0.4, 0.5) is 17.3 Å². The second kappa shape index (κ2) is 4.72. The van der Waals surface area contributed by atoms with Gasteiger partial charge in [-0.3, -0.25) is 14.8 Å². The number of aromatic nitrogens is 3. The Morgan fingerprint density at radius 1 is 1.53 bits per heavy atom. The van der Waals surface area contributed by atoms with Crippen molar-refractivity contribution in [1.29, 1.82) is 0 Å². The molecule has 2 aromatic heterocycles. The van der Waals surface area contributed by atoms with Gasteiger partial charge in [-0.1, -0.05) is 0 Å². The first-order chi connectivity index (χ1) is 8.97. The molecule has 0 saturated heterocycles. The van der Waals surface area contributed by atoms with Gasteiger partial charge in [-0.25, -0.2) is 9.78 Å². The fourth-order valence-electron chi connectivity index (χ4n) is 1.45. The lowest BCUT2D eigenvalue weighted by molar-refractivity contribution is -0.385. The number of nitro groups is 1. The number of carboxylic acid groups (broad SMARTS) is 1. The summed E-state index contributed by atoms with van der Waals surface area (Å²) in [5.41, 5.74) is -0.988. The van der Waals surface area contributed by atoms with E-state index >= 15 is 0 Å². The Morgan fingerprint density at radius 3 is 2.79 bits per heavy atom. The summed E-state index contributed by atoms with van der Waals surface area (Å²) in [6.45, 7) is 0. The van der Waals surface area contributed by atoms with E-state index in [2.05, 4.69) is 15.4 Å². The van der Waals surface area contributed by atoms with Gasteiger partial charge in [-0.15, -0.1) is 0 Å². The average molecular weight is 263 g/mol. The quantitative estimate of drug-likeness (QED) is 0.626. The van der Waals surface area contributed by atoms with Gasteiger partial charge in [0.1, 0.15) is 17.6 Å². The van der Waals surface area contributed by atoms with Crippen LogP contribution >= 0.6 is 0 Å². The Bertz CT molecular complexity index is 651. The summed E-state index contributed by atoms with van der Waals surface area (Å²) in [7, 11) is 1.72. The molecule has 2 aromatic rings. The maximum Gasteiger partial charge on any atom is 0.342 e. The average Bonchev–Trinajstić information content (AvgIpc) is 2.74. The molecule has 0 aliphatic rings. The second-order valence-electron chi connectivity index (χ2n) is 3.65. The van der Waals surface area contributed by atoms with Crippen LogP contribution in [0.1, 0.15) is 10.4 Å². The number of hydrogen-bond donors (Lipinski definition) is 2. The van der Waals surface area contributed by atoms with E-state index in [9.17, 15) is 14.9 Å². The van der Waals surface area contributed by atoms with Gasteiger partial charge in [0.15, 0.2) is 5.82 Å². The number of anilines is 2. The third-order valence-electron chi connectivity index (χ3n) is 2.28. The summed E-state index contributed by atoms with van der Waals surface area (Å²) >= 11 is 0. The summed E-state index contributed by atoms with van der Waals surface area (Å²) in [5.74, 6) is -0.764. The van der Waals surface area contributed by atoms with Crippen molar-refractivity contribution >= 4 is 23.3 Å². The molecule has 0 radical (unpaired) electrons. The predicted octanol–water partition coefficient (Wildman–Crippen LogP) is 1.17. The van der Waals surface area contributed by atoms with E-state index in [-0.39, 0.29) is 5.82 Å². The minimum atomic E-state index is -1.39. The molecule has 0 aliphatic carbocycles. The maximum atomic E-state index is 11.0. The number of nitrogens with one attached hydrogen (secondary N) is 1. The van der Waals surface area contributed by atoms with Crippen LogP contribution in [0.3, 0.4) is 0 Å². The zero-order chi connectivity index (χ0) is 14.0. The van der Waals surface area contributed by atoms with E-state index in [1.165, 1.54) is 0 Å². The molecule has 0 bridgehead atoms. The van der Waals surface area contributed by atoms with E-state index in [1.807, 2.05) is 0 Å². The van der Waals surface area contributed by atoms with E-state index in [0.717, 1.165) is 12.3 Å². The molecule has 9 heteroatoms. The summed E-state index contributed by atoms with van der Waals surface area (Å²) in [6.07, 6.45) is 2.58. The van der Waals surface area contributed by atoms with Crippen LogP contribution in [0.25, 0.3) is 0 Å². The lowest BCUT2D eigenvalue weighted by Crippen LogP contribution is -2.05. The van der Waals surface area contributed by atoms with Crippen LogP contribution in [-0.4, -0.2) is 30.8 Å². The van der Waals surface area contributed by atoms with Crippen LogP contribution in [-0.2, 0) is 7.05 Å². The molecular formula is C10H9N5O4. The molecule has 0 saturated carbocycles. The molecule has 2 heterocycles. The van der Waals surface area contributed by atoms with E-state index in [0.29, 0.717) is 5.82 Å². The molecule has 0 aliphatic heterocycles. The van der Waals surface area contributed by atoms with Crippen LogP contribution in [0.2, 0.25) is 0 Å². The molecular weight excluding hydrogens is 254 g/mol. The summed E-state index contributed by atoms with van der Waals surface area (Å²) < 4.78 is 1.55. The molecule has 2 N–H and O–H groups in total. The standard InChI is InChI=1S/C10H9N5O4/c1-14-3-2-8(13-14)12-9-4-6(10(16)17)7(5-11-9)15(18)19/h2-5H,1H3,(H,16,17)(H,11,12,13). The van der Waals surface area contributed by atoms with Crippen LogP contribution in [0.15, 0.2) is 24.5 Å². The Kier molecular flexibility index (Phi) is 3.10. The highest BCUT2D eigenvalue weighted by Gasteiger charge is 2.21. The first-order valence-corrected chi connectivity index (χ1v) is 5.12. The van der Waals surface area contributed by atoms with Crippen molar-refractivity contribution in [3.63, 3.8) is 0 Å². The Labute approximate surface area is 106 Å². The molecule has 0 atom stereocenters. The molecule has 0 spiro atoms. The van der Waals surface area contributed by atoms with E-state index < -0.39 is 22.1 Å². The highest BCUT2D eigenvalue weighted by Crippen LogP contribution is 2.21. The fourth-order valence-corrected chi connectivity index (χ4v) is 1.45. The predicted molar refractivity (Wildman–Crippen MR) is 64.3 cm³/mol. The number of hydrogen-bond acceptors (Lipinski definition) is 6. The number of pyridine rings is 1. The third kappa shape index (κ3) is 2.65. The monoisotopic (exact) mass is 263 g/mol. The normalized spacial score (nSPS) is 10.2. The minimum absolute atomic E-state index is 0.168. The van der Waals surface area contributed by atoms with Crippen molar-refractivity contribution in [3.8, 4) is 0 Å². The van der Waals surface area contributed by atoms with Crippen molar-refractivity contribution in [2.75, 3.05) is 5.32 Å². The largest absolute Gasteiger partial charge is 0.477 e. The van der Waals surface area contributed by atoms with Gasteiger partial charge in [-0.2, -0.15) is 5.10 Å². The first-order valence-electron chi connectivity index (χ1n) is 5.12. The smallest absolute Gasteiger partial charge is 0.342 e. The Balaban J connectivity index is 2.35. The fraction of sp³-hybridized carbons (Fsp3) is 0.100. The van der Waals surface area contributed by atoms with Gasteiger partial charge in [0.25, 0.3) is 0 Å². The van der Waals surface area contributed by atoms with Gasteiger partial charge >= 0.3 is 11.7 Å². The zero-order valence-corrected chi connectivity index (χ0v) is 9.77. The summed E-state index contributed by atoms with van der Waals surface area (Å²) in [6, 6.07) is 2.75. The molecule has 0 amide bonds. The molecule has 0 unspecified atom stereocenters. The van der Waals surface area contributed by atoms with Crippen LogP contribution < -0.4 is 5.32 Å². The van der Waals surface area contributed by atoms with Crippen LogP contribution in [0.5, 0.6) is 0 Å². The highest BCUT2D eigenvalue weighted by molar-refractivity contribution is 5.93. The van der Waals surface area contributed by atoms with Gasteiger partial charge in [0, 0.05) is 25.4 Å². The SMILES string of the molecule is Cn1ccc(Nc2cc(C(=O)O)c([N+](=O)[O-])cn2)n1. The minimum Gasteiger partial charge on any atom is -0.477 e. The number of nitrogens with zero attached hydrogens (tertiary/aromatic N) is 4. The number of carboxylic acids is 1. The molecule has 0 aromatic carbocycles. The van der Waals surface area contributed by atoms with Crippen molar-refractivity contribution in [2.24, 2.45) is 7.05 Å². The van der Waals surface area contributed by atoms with Crippen molar-refractivity contribution < 1.29 is 14.8 Å². The molecule has 9 nitrogen and oxygen atoms in total. The van der Waals surface area contributed by atoms with Crippen molar-refractivity contribution in [2.45, 2.75) is 0 Å². The summed E-state index contributed by atoms with van der Waals surface area (Å²) in [4.78, 5) is 24.6. The van der Waals surface area contributed by atoms with Gasteiger partial charge in [0.05, 0.1) is 4.92 Å². The zero-order valence-electron chi connectivity index (χ0n) is 9.77. The van der Waals surface area contributed by atoms with Crippen LogP contribution in [0, 0.1) is 10.1 Å². The molecule has 2 rings (SSSR count). The second-order valence-corrected chi connectivity index (χ2v) is 3.65. The lowest BCUT2D eigenvalue weighted by Gasteiger charge is -2.03. The van der Waals surface area contributed by atoms with Crippen molar-refractivity contribution in [1.82, 2.24) is 14.8 Å². The number of rotatable bonds is 4. The Morgan fingerprint density at radius 2 is 2.26 bits per heavy atom. The molecule has 19 heavy (non-hydrogen) atoms. The van der Waals surface area contributed by atoms with Gasteiger partial charge in [-0.05, 0) is 0 Å². The summed E-state index contributed by atoms with van der Waals surface area (Å²) in [5, 5.41) is 26.4. The third-order valence-corrected chi connectivity index (χ3v) is 2.28.